The van der Waals surface area contributed by atoms with Crippen LogP contribution in [0.25, 0.3) is 16.8 Å². The molecule has 38 heavy (non-hydrogen) atoms. The van der Waals surface area contributed by atoms with Gasteiger partial charge in [0, 0.05) is 37.1 Å². The second-order valence-corrected chi connectivity index (χ2v) is 13.5. The van der Waals surface area contributed by atoms with Crippen LogP contribution in [-0.2, 0) is 20.0 Å². The van der Waals surface area contributed by atoms with Crippen LogP contribution in [0.5, 0.6) is 0 Å². The van der Waals surface area contributed by atoms with Crippen LogP contribution in [0, 0.1) is 13.8 Å². The monoisotopic (exact) mass is 549 g/mol. The lowest BCUT2D eigenvalue weighted by Gasteiger charge is -2.31. The molecule has 0 saturated carbocycles. The van der Waals surface area contributed by atoms with Gasteiger partial charge in [-0.05, 0) is 57.0 Å². The number of piperidine rings is 1. The quantitative estimate of drug-likeness (QED) is 0.327. The van der Waals surface area contributed by atoms with E-state index in [1.54, 1.807) is 59.2 Å². The number of aromatic nitrogens is 4. The summed E-state index contributed by atoms with van der Waals surface area (Å²) in [5.41, 5.74) is 4.48. The van der Waals surface area contributed by atoms with Crippen molar-refractivity contribution in [3.63, 3.8) is 0 Å². The molecule has 0 N–H and O–H groups in total. The molecule has 5 aromatic rings. The molecule has 0 atom stereocenters. The Morgan fingerprint density at radius 1 is 0.737 bits per heavy atom. The number of sulfonamides is 1. The zero-order valence-corrected chi connectivity index (χ0v) is 22.7. The van der Waals surface area contributed by atoms with Crippen LogP contribution in [0.2, 0.25) is 0 Å². The molecule has 0 aliphatic carbocycles. The summed E-state index contributed by atoms with van der Waals surface area (Å²) in [5.74, 6) is 0.0668. The molecule has 3 aromatic heterocycles. The third-order valence-corrected chi connectivity index (χ3v) is 10.9. The molecule has 0 spiro atoms. The summed E-state index contributed by atoms with van der Waals surface area (Å²) in [7, 11) is -7.39. The summed E-state index contributed by atoms with van der Waals surface area (Å²) in [6.07, 6.45) is 6.14. The lowest BCUT2D eigenvalue weighted by molar-refractivity contribution is 0.316. The minimum Gasteiger partial charge on any atom is -0.292 e. The zero-order chi connectivity index (χ0) is 26.7. The van der Waals surface area contributed by atoms with E-state index in [9.17, 15) is 16.8 Å². The van der Waals surface area contributed by atoms with E-state index in [0.29, 0.717) is 47.6 Å². The van der Waals surface area contributed by atoms with Crippen molar-refractivity contribution in [3.8, 4) is 0 Å². The molecular weight excluding hydrogens is 522 g/mol. The number of hydrogen-bond acceptors (Lipinski definition) is 6. The largest absolute Gasteiger partial charge is 0.292 e. The van der Waals surface area contributed by atoms with Crippen LogP contribution >= 0.6 is 0 Å². The highest BCUT2D eigenvalue weighted by molar-refractivity contribution is 7.90. The second kappa shape index (κ2) is 9.04. The van der Waals surface area contributed by atoms with Gasteiger partial charge in [0.05, 0.1) is 21.5 Å². The summed E-state index contributed by atoms with van der Waals surface area (Å²) >= 11 is 0. The van der Waals surface area contributed by atoms with Gasteiger partial charge in [-0.3, -0.25) is 4.40 Å². The average molecular weight is 550 g/mol. The molecule has 1 fully saturated rings. The number of nitrogens with zero attached hydrogens (tertiary/aromatic N) is 5. The number of aryl methyl sites for hydroxylation is 2. The number of imidazole rings is 1. The Morgan fingerprint density at radius 2 is 1.32 bits per heavy atom. The molecule has 9 nitrogen and oxygen atoms in total. The van der Waals surface area contributed by atoms with Crippen molar-refractivity contribution >= 4 is 36.9 Å². The molecule has 11 heteroatoms. The van der Waals surface area contributed by atoms with Gasteiger partial charge in [0.15, 0.2) is 11.3 Å². The highest BCUT2D eigenvalue weighted by Gasteiger charge is 2.31. The summed E-state index contributed by atoms with van der Waals surface area (Å²) in [6, 6.07) is 15.4. The van der Waals surface area contributed by atoms with E-state index in [1.807, 2.05) is 30.4 Å². The van der Waals surface area contributed by atoms with Crippen molar-refractivity contribution in [2.24, 2.45) is 0 Å². The molecule has 2 aromatic carbocycles. The van der Waals surface area contributed by atoms with Gasteiger partial charge in [0.25, 0.3) is 10.0 Å². The number of fused-ring (bicyclic) bond motifs is 3. The fourth-order valence-corrected chi connectivity index (χ4v) is 7.87. The van der Waals surface area contributed by atoms with Crippen molar-refractivity contribution in [3.05, 3.63) is 90.0 Å². The predicted molar refractivity (Wildman–Crippen MR) is 144 cm³/mol. The van der Waals surface area contributed by atoms with E-state index in [2.05, 4.69) is 9.97 Å². The second-order valence-electron chi connectivity index (χ2n) is 9.76. The molecule has 0 bridgehead atoms. The molecule has 0 amide bonds. The highest BCUT2D eigenvalue weighted by Crippen LogP contribution is 2.33. The third-order valence-electron chi connectivity index (χ3n) is 7.27. The van der Waals surface area contributed by atoms with Crippen LogP contribution in [0.15, 0.2) is 83.0 Å². The normalized spacial score (nSPS) is 15.9. The topological polar surface area (TPSA) is 107 Å². The Morgan fingerprint density at radius 3 is 1.92 bits per heavy atom. The van der Waals surface area contributed by atoms with Gasteiger partial charge in [0.2, 0.25) is 10.0 Å². The number of hydrogen-bond donors (Lipinski definition) is 0. The summed E-state index contributed by atoms with van der Waals surface area (Å²) in [4.78, 5) is 9.45. The van der Waals surface area contributed by atoms with Crippen molar-refractivity contribution in [2.45, 2.75) is 42.4 Å². The number of rotatable bonds is 5. The summed E-state index contributed by atoms with van der Waals surface area (Å²) < 4.78 is 57.8. The molecule has 1 aliphatic heterocycles. The highest BCUT2D eigenvalue weighted by atomic mass is 32.2. The van der Waals surface area contributed by atoms with E-state index >= 15 is 0 Å². The average Bonchev–Trinajstić information content (AvgIpc) is 3.54. The van der Waals surface area contributed by atoms with E-state index in [4.69, 9.17) is 0 Å². The zero-order valence-electron chi connectivity index (χ0n) is 21.0. The number of benzene rings is 2. The standard InChI is InChI=1S/C27H27N5O4S2/c1-19-3-7-22(8-4-19)37(33,34)30-14-11-21(12-15-30)25-17-28-26-18-29-27-24(32(25)26)13-16-31(27)38(35,36)23-9-5-20(2)6-10-23/h3-10,13,16-18,21H,11-12,14-15H2,1-2H3. The molecule has 0 unspecified atom stereocenters. The van der Waals surface area contributed by atoms with Crippen molar-refractivity contribution in [2.75, 3.05) is 13.1 Å². The van der Waals surface area contributed by atoms with Crippen LogP contribution in [0.1, 0.15) is 35.6 Å². The van der Waals surface area contributed by atoms with Gasteiger partial charge in [-0.1, -0.05) is 35.4 Å². The van der Waals surface area contributed by atoms with Gasteiger partial charge in [-0.25, -0.2) is 30.8 Å². The lowest BCUT2D eigenvalue weighted by Crippen LogP contribution is -2.38. The van der Waals surface area contributed by atoms with E-state index in [1.165, 1.54) is 10.2 Å². The SMILES string of the molecule is Cc1ccc(S(=O)(=O)N2CCC(c3cnc4cnc5c(ccn5S(=O)(=O)c5ccc(C)cc5)n34)CC2)cc1. The van der Waals surface area contributed by atoms with E-state index in [-0.39, 0.29) is 10.8 Å². The first-order valence-electron chi connectivity index (χ1n) is 12.4. The first kappa shape index (κ1) is 24.8. The van der Waals surface area contributed by atoms with E-state index < -0.39 is 20.0 Å². The fraction of sp³-hybridized carbons (Fsp3) is 0.259. The molecular formula is C27H27N5O4S2. The summed E-state index contributed by atoms with van der Waals surface area (Å²) in [5, 5.41) is 0. The van der Waals surface area contributed by atoms with Gasteiger partial charge in [-0.15, -0.1) is 0 Å². The first-order valence-corrected chi connectivity index (χ1v) is 15.3. The van der Waals surface area contributed by atoms with Crippen molar-refractivity contribution < 1.29 is 16.8 Å². The maximum Gasteiger partial charge on any atom is 0.269 e. The Balaban J connectivity index is 1.32. The van der Waals surface area contributed by atoms with Gasteiger partial charge in [0.1, 0.15) is 0 Å². The molecule has 196 valence electrons. The molecule has 4 heterocycles. The van der Waals surface area contributed by atoms with Crippen LogP contribution < -0.4 is 0 Å². The predicted octanol–water partition coefficient (Wildman–Crippen LogP) is 4.11. The maximum atomic E-state index is 13.4. The Bertz CT molecular complexity index is 1870. The third kappa shape index (κ3) is 4.01. The first-order chi connectivity index (χ1) is 18.2. The van der Waals surface area contributed by atoms with Gasteiger partial charge in [-0.2, -0.15) is 4.31 Å². The van der Waals surface area contributed by atoms with E-state index in [0.717, 1.165) is 16.8 Å². The van der Waals surface area contributed by atoms with Crippen LogP contribution in [-0.4, -0.2) is 52.6 Å². The smallest absolute Gasteiger partial charge is 0.269 e. The lowest BCUT2D eigenvalue weighted by atomic mass is 9.95. The van der Waals surface area contributed by atoms with Crippen molar-refractivity contribution in [1.29, 1.82) is 0 Å². The van der Waals surface area contributed by atoms with Gasteiger partial charge >= 0.3 is 0 Å². The minimum absolute atomic E-state index is 0.0668. The molecule has 1 saturated heterocycles. The minimum atomic E-state index is -3.83. The van der Waals surface area contributed by atoms with Crippen LogP contribution in [0.3, 0.4) is 0 Å². The maximum absolute atomic E-state index is 13.4. The molecule has 0 radical (unpaired) electrons. The Labute approximate surface area is 221 Å². The Kier molecular flexibility index (Phi) is 5.89. The Hall–Kier alpha value is -3.54. The molecule has 1 aliphatic rings. The van der Waals surface area contributed by atoms with Crippen molar-refractivity contribution in [1.82, 2.24) is 22.6 Å². The molecule has 6 rings (SSSR count). The van der Waals surface area contributed by atoms with Crippen LogP contribution in [0.4, 0.5) is 0 Å². The fourth-order valence-electron chi connectivity index (χ4n) is 5.10. The van der Waals surface area contributed by atoms with Gasteiger partial charge < -0.3 is 0 Å². The summed E-state index contributed by atoms with van der Waals surface area (Å²) in [6.45, 7) is 4.62.